The van der Waals surface area contributed by atoms with E-state index in [1.54, 1.807) is 0 Å². The van der Waals surface area contributed by atoms with Crippen LogP contribution < -0.4 is 5.32 Å². The third kappa shape index (κ3) is 2.61. The van der Waals surface area contributed by atoms with E-state index in [-0.39, 0.29) is 0 Å². The summed E-state index contributed by atoms with van der Waals surface area (Å²) in [4.78, 5) is 0. The molecule has 17 heavy (non-hydrogen) atoms. The number of hydrogen-bond acceptors (Lipinski definition) is 3. The summed E-state index contributed by atoms with van der Waals surface area (Å²) in [6, 6.07) is 7.13. The summed E-state index contributed by atoms with van der Waals surface area (Å²) in [6.07, 6.45) is 3.47. The van der Waals surface area contributed by atoms with E-state index in [9.17, 15) is 0 Å². The number of nitrogens with one attached hydrogen (secondary N) is 1. The summed E-state index contributed by atoms with van der Waals surface area (Å²) in [5.41, 5.74) is 3.89. The van der Waals surface area contributed by atoms with Gasteiger partial charge in [-0.3, -0.25) is 0 Å². The van der Waals surface area contributed by atoms with Gasteiger partial charge in [-0.15, -0.1) is 0 Å². The van der Waals surface area contributed by atoms with Gasteiger partial charge in [-0.2, -0.15) is 0 Å². The Kier molecular flexibility index (Phi) is 3.29. The lowest BCUT2D eigenvalue weighted by molar-refractivity contribution is 0.134. The Hall–Kier alpha value is -1.06. The highest BCUT2D eigenvalue weighted by atomic mass is 16.5. The van der Waals surface area contributed by atoms with Crippen LogP contribution in [0.5, 0.6) is 0 Å². The van der Waals surface area contributed by atoms with Gasteiger partial charge in [0.1, 0.15) is 0 Å². The Balaban J connectivity index is 1.67. The molecule has 0 aromatic heterocycles. The van der Waals surface area contributed by atoms with Gasteiger partial charge in [0.2, 0.25) is 0 Å². The molecule has 3 nitrogen and oxygen atoms in total. The van der Waals surface area contributed by atoms with Gasteiger partial charge >= 0.3 is 0 Å². The molecule has 92 valence electrons. The van der Waals surface area contributed by atoms with Crippen LogP contribution in [0.3, 0.4) is 0 Å². The average molecular weight is 233 g/mol. The highest BCUT2D eigenvalue weighted by molar-refractivity contribution is 5.49. The lowest BCUT2D eigenvalue weighted by atomic mass is 10.1. The van der Waals surface area contributed by atoms with Gasteiger partial charge < -0.3 is 14.8 Å². The zero-order valence-electron chi connectivity index (χ0n) is 10.1. The second kappa shape index (κ2) is 5.07. The minimum atomic E-state index is 0.554. The first-order chi connectivity index (χ1) is 8.42. The monoisotopic (exact) mass is 233 g/mol. The molecule has 0 amide bonds. The fraction of sp³-hybridized carbons (Fsp3) is 0.571. The van der Waals surface area contributed by atoms with Gasteiger partial charge in [-0.05, 0) is 42.5 Å². The molecule has 1 aromatic carbocycles. The third-order valence-corrected chi connectivity index (χ3v) is 3.54. The lowest BCUT2D eigenvalue weighted by Crippen LogP contribution is -2.19. The quantitative estimate of drug-likeness (QED) is 0.852. The van der Waals surface area contributed by atoms with Crippen molar-refractivity contribution in [3.05, 3.63) is 29.3 Å². The van der Waals surface area contributed by atoms with Crippen molar-refractivity contribution in [1.29, 1.82) is 0 Å². The molecule has 0 aliphatic carbocycles. The van der Waals surface area contributed by atoms with Gasteiger partial charge in [-0.25, -0.2) is 0 Å². The molecule has 1 N–H and O–H groups in total. The van der Waals surface area contributed by atoms with Gasteiger partial charge in [0.25, 0.3) is 0 Å². The van der Waals surface area contributed by atoms with Crippen LogP contribution in [-0.2, 0) is 22.7 Å². The maximum Gasteiger partial charge on any atom is 0.0725 e. The fourth-order valence-corrected chi connectivity index (χ4v) is 2.55. The number of anilines is 1. The molecule has 1 saturated heterocycles. The van der Waals surface area contributed by atoms with Crippen LogP contribution in [0.1, 0.15) is 30.4 Å². The second-order valence-electron chi connectivity index (χ2n) is 4.86. The van der Waals surface area contributed by atoms with Gasteiger partial charge in [0, 0.05) is 24.9 Å². The van der Waals surface area contributed by atoms with Crippen LogP contribution >= 0.6 is 0 Å². The van der Waals surface area contributed by atoms with Crippen molar-refractivity contribution in [2.45, 2.75) is 38.5 Å². The topological polar surface area (TPSA) is 30.5 Å². The van der Waals surface area contributed by atoms with Crippen molar-refractivity contribution in [3.63, 3.8) is 0 Å². The number of fused-ring (bicyclic) bond motifs is 1. The number of ether oxygens (including phenoxy) is 2. The number of benzene rings is 1. The normalized spacial score (nSPS) is 24.1. The molecular weight excluding hydrogens is 214 g/mol. The molecule has 0 saturated carbocycles. The Morgan fingerprint density at radius 2 is 1.94 bits per heavy atom. The van der Waals surface area contributed by atoms with E-state index in [1.165, 1.54) is 23.2 Å². The Bertz CT molecular complexity index is 384. The molecule has 1 unspecified atom stereocenters. The van der Waals surface area contributed by atoms with E-state index in [0.717, 1.165) is 39.3 Å². The first kappa shape index (κ1) is 11.1. The fourth-order valence-electron chi connectivity index (χ4n) is 2.55. The van der Waals surface area contributed by atoms with Crippen molar-refractivity contribution in [3.8, 4) is 0 Å². The van der Waals surface area contributed by atoms with E-state index < -0.39 is 0 Å². The molecular formula is C14H19NO2. The van der Waals surface area contributed by atoms with Crippen molar-refractivity contribution >= 4 is 5.69 Å². The van der Waals surface area contributed by atoms with Gasteiger partial charge in [0.15, 0.2) is 0 Å². The summed E-state index contributed by atoms with van der Waals surface area (Å²) in [5, 5.41) is 3.62. The Morgan fingerprint density at radius 3 is 2.94 bits per heavy atom. The largest absolute Gasteiger partial charge is 0.382 e. The third-order valence-electron chi connectivity index (χ3n) is 3.54. The van der Waals surface area contributed by atoms with E-state index in [4.69, 9.17) is 9.47 Å². The maximum atomic E-state index is 5.48. The minimum Gasteiger partial charge on any atom is -0.382 e. The van der Waals surface area contributed by atoms with E-state index in [2.05, 4.69) is 23.5 Å². The lowest BCUT2D eigenvalue weighted by Gasteiger charge is -2.17. The molecule has 3 heteroatoms. The van der Waals surface area contributed by atoms with Crippen LogP contribution in [-0.4, -0.2) is 19.3 Å². The summed E-state index contributed by atoms with van der Waals surface area (Å²) in [5.74, 6) is 0. The van der Waals surface area contributed by atoms with E-state index >= 15 is 0 Å². The van der Waals surface area contributed by atoms with Crippen LogP contribution in [0.2, 0.25) is 0 Å². The molecule has 2 heterocycles. The SMILES string of the molecule is c1cc2c(cc1NC1CCCOCC1)COC2. The standard InChI is InChI=1S/C14H19NO2/c1-2-13(5-7-16-6-1)15-14-4-3-11-9-17-10-12(11)8-14/h3-4,8,13,15H,1-2,5-7,9-10H2. The molecule has 3 rings (SSSR count). The minimum absolute atomic E-state index is 0.554. The first-order valence-corrected chi connectivity index (χ1v) is 6.46. The van der Waals surface area contributed by atoms with Crippen LogP contribution in [0.25, 0.3) is 0 Å². The summed E-state index contributed by atoms with van der Waals surface area (Å²) in [6.45, 7) is 3.33. The number of rotatable bonds is 2. The summed E-state index contributed by atoms with van der Waals surface area (Å²) in [7, 11) is 0. The highest BCUT2D eigenvalue weighted by Crippen LogP contribution is 2.24. The smallest absolute Gasteiger partial charge is 0.0725 e. The van der Waals surface area contributed by atoms with Gasteiger partial charge in [-0.1, -0.05) is 6.07 Å². The predicted molar refractivity (Wildman–Crippen MR) is 67.0 cm³/mol. The van der Waals surface area contributed by atoms with Crippen molar-refractivity contribution in [1.82, 2.24) is 0 Å². The van der Waals surface area contributed by atoms with Crippen molar-refractivity contribution < 1.29 is 9.47 Å². The van der Waals surface area contributed by atoms with Gasteiger partial charge in [0.05, 0.1) is 13.2 Å². The molecule has 1 atom stereocenters. The molecule has 0 radical (unpaired) electrons. The summed E-state index contributed by atoms with van der Waals surface area (Å²) < 4.78 is 10.9. The molecule has 1 aromatic rings. The zero-order chi connectivity index (χ0) is 11.5. The van der Waals surface area contributed by atoms with Crippen molar-refractivity contribution in [2.75, 3.05) is 18.5 Å². The maximum absolute atomic E-state index is 5.48. The Labute approximate surface area is 102 Å². The average Bonchev–Trinajstić information content (AvgIpc) is 2.65. The molecule has 2 aliphatic rings. The van der Waals surface area contributed by atoms with E-state index in [1.807, 2.05) is 0 Å². The molecule has 2 aliphatic heterocycles. The molecule has 0 spiro atoms. The van der Waals surface area contributed by atoms with Crippen LogP contribution in [0.4, 0.5) is 5.69 Å². The predicted octanol–water partition coefficient (Wildman–Crippen LogP) is 2.70. The zero-order valence-corrected chi connectivity index (χ0v) is 10.1. The molecule has 1 fully saturated rings. The molecule has 0 bridgehead atoms. The first-order valence-electron chi connectivity index (χ1n) is 6.46. The second-order valence-corrected chi connectivity index (χ2v) is 4.86. The summed E-state index contributed by atoms with van der Waals surface area (Å²) >= 11 is 0. The van der Waals surface area contributed by atoms with E-state index in [0.29, 0.717) is 6.04 Å². The highest BCUT2D eigenvalue weighted by Gasteiger charge is 2.14. The van der Waals surface area contributed by atoms with Crippen LogP contribution in [0, 0.1) is 0 Å². The number of hydrogen-bond donors (Lipinski definition) is 1. The van der Waals surface area contributed by atoms with Crippen LogP contribution in [0.15, 0.2) is 18.2 Å². The van der Waals surface area contributed by atoms with Crippen molar-refractivity contribution in [2.24, 2.45) is 0 Å². The Morgan fingerprint density at radius 1 is 1.00 bits per heavy atom.